The van der Waals surface area contributed by atoms with Crippen LogP contribution in [0.1, 0.15) is 6.92 Å². The highest BCUT2D eigenvalue weighted by Crippen LogP contribution is 2.15. The molecule has 0 bridgehead atoms. The van der Waals surface area contributed by atoms with Crippen LogP contribution in [0.15, 0.2) is 17.1 Å². The largest absolute Gasteiger partial charge is 0.479 e. The normalized spacial score (nSPS) is 31.2. The molecule has 1 aliphatic rings. The van der Waals surface area contributed by atoms with E-state index < -0.39 is 11.5 Å². The summed E-state index contributed by atoms with van der Waals surface area (Å²) in [5, 5.41) is 8.51. The molecular weight excluding hydrogens is 118 g/mol. The van der Waals surface area contributed by atoms with Gasteiger partial charge in [0.15, 0.2) is 5.54 Å². The Bertz CT molecular complexity index is 181. The minimum Gasteiger partial charge on any atom is -0.479 e. The molecule has 3 heteroatoms. The standard InChI is InChI=1S/C6H7NO2/c1-6(5(8)9)3-2-4-7-6/h2-4H,1H3,(H,8,9). The molecule has 0 saturated carbocycles. The SMILES string of the molecule is CC1(C(=O)O)C=CC=N1. The second kappa shape index (κ2) is 1.69. The van der Waals surface area contributed by atoms with Gasteiger partial charge in [0.2, 0.25) is 0 Å². The second-order valence-corrected chi connectivity index (χ2v) is 2.09. The lowest BCUT2D eigenvalue weighted by Crippen LogP contribution is -2.28. The molecule has 0 aromatic rings. The van der Waals surface area contributed by atoms with Gasteiger partial charge < -0.3 is 5.11 Å². The summed E-state index contributed by atoms with van der Waals surface area (Å²) >= 11 is 0. The van der Waals surface area contributed by atoms with Crippen LogP contribution in [-0.2, 0) is 4.79 Å². The number of aliphatic imine (C=N–C) groups is 1. The van der Waals surface area contributed by atoms with Crippen molar-refractivity contribution in [1.29, 1.82) is 0 Å². The number of carboxylic acid groups (broad SMARTS) is 1. The average molecular weight is 125 g/mol. The van der Waals surface area contributed by atoms with Crippen molar-refractivity contribution in [1.82, 2.24) is 0 Å². The summed E-state index contributed by atoms with van der Waals surface area (Å²) in [7, 11) is 0. The van der Waals surface area contributed by atoms with Gasteiger partial charge in [-0.2, -0.15) is 0 Å². The Morgan fingerprint density at radius 2 is 2.44 bits per heavy atom. The zero-order valence-corrected chi connectivity index (χ0v) is 5.03. The Kier molecular flexibility index (Phi) is 1.12. The molecule has 0 aromatic carbocycles. The Hall–Kier alpha value is -1.12. The number of allylic oxidation sites excluding steroid dienone is 1. The molecular formula is C6H7NO2. The smallest absolute Gasteiger partial charge is 0.335 e. The monoisotopic (exact) mass is 125 g/mol. The highest BCUT2D eigenvalue weighted by atomic mass is 16.4. The topological polar surface area (TPSA) is 49.7 Å². The van der Waals surface area contributed by atoms with Gasteiger partial charge in [0.05, 0.1) is 0 Å². The number of rotatable bonds is 1. The van der Waals surface area contributed by atoms with Crippen LogP contribution in [0.3, 0.4) is 0 Å². The number of hydrogen-bond acceptors (Lipinski definition) is 2. The van der Waals surface area contributed by atoms with Crippen LogP contribution < -0.4 is 0 Å². The Balaban J connectivity index is 2.88. The van der Waals surface area contributed by atoms with Crippen LogP contribution in [0.2, 0.25) is 0 Å². The maximum absolute atomic E-state index is 10.4. The summed E-state index contributed by atoms with van der Waals surface area (Å²) in [4.78, 5) is 14.1. The van der Waals surface area contributed by atoms with E-state index in [0.29, 0.717) is 0 Å². The number of carbonyl (C=O) groups is 1. The molecule has 0 radical (unpaired) electrons. The van der Waals surface area contributed by atoms with Crippen molar-refractivity contribution in [2.75, 3.05) is 0 Å². The van der Waals surface area contributed by atoms with Gasteiger partial charge in [-0.05, 0) is 19.1 Å². The minimum atomic E-state index is -1.00. The predicted octanol–water partition coefficient (Wildman–Crippen LogP) is 0.470. The van der Waals surface area contributed by atoms with Crippen molar-refractivity contribution >= 4 is 12.2 Å². The van der Waals surface area contributed by atoms with Crippen molar-refractivity contribution in [2.24, 2.45) is 4.99 Å². The van der Waals surface area contributed by atoms with Crippen molar-refractivity contribution in [3.63, 3.8) is 0 Å². The molecule has 9 heavy (non-hydrogen) atoms. The molecule has 0 amide bonds. The fraction of sp³-hybridized carbons (Fsp3) is 0.333. The number of nitrogens with zero attached hydrogens (tertiary/aromatic N) is 1. The van der Waals surface area contributed by atoms with Gasteiger partial charge in [0.1, 0.15) is 0 Å². The second-order valence-electron chi connectivity index (χ2n) is 2.09. The average Bonchev–Trinajstić information content (AvgIpc) is 2.16. The summed E-state index contributed by atoms with van der Waals surface area (Å²) < 4.78 is 0. The maximum atomic E-state index is 10.4. The van der Waals surface area contributed by atoms with Crippen LogP contribution in [0.25, 0.3) is 0 Å². The molecule has 48 valence electrons. The lowest BCUT2D eigenvalue weighted by molar-refractivity contribution is -0.140. The van der Waals surface area contributed by atoms with E-state index in [9.17, 15) is 4.79 Å². The first-order valence-electron chi connectivity index (χ1n) is 2.61. The van der Waals surface area contributed by atoms with Crippen molar-refractivity contribution < 1.29 is 9.90 Å². The summed E-state index contributed by atoms with van der Waals surface area (Å²) in [6.07, 6.45) is 4.68. The first kappa shape index (κ1) is 6.01. The summed E-state index contributed by atoms with van der Waals surface area (Å²) in [5.74, 6) is -0.910. The van der Waals surface area contributed by atoms with Crippen LogP contribution in [-0.4, -0.2) is 22.8 Å². The molecule has 1 unspecified atom stereocenters. The zero-order chi connectivity index (χ0) is 6.91. The molecule has 1 aliphatic heterocycles. The molecule has 1 rings (SSSR count). The van der Waals surface area contributed by atoms with E-state index in [-0.39, 0.29) is 0 Å². The quantitative estimate of drug-likeness (QED) is 0.553. The van der Waals surface area contributed by atoms with Crippen molar-refractivity contribution in [3.05, 3.63) is 12.2 Å². The third kappa shape index (κ3) is 0.850. The molecule has 3 nitrogen and oxygen atoms in total. The zero-order valence-electron chi connectivity index (χ0n) is 5.03. The number of hydrogen-bond donors (Lipinski definition) is 1. The predicted molar refractivity (Wildman–Crippen MR) is 33.7 cm³/mol. The number of carboxylic acids is 1. The highest BCUT2D eigenvalue weighted by molar-refractivity contribution is 5.89. The third-order valence-electron chi connectivity index (χ3n) is 1.28. The lowest BCUT2D eigenvalue weighted by atomic mass is 10.1. The van der Waals surface area contributed by atoms with E-state index in [1.165, 1.54) is 6.21 Å². The minimum absolute atomic E-state index is 0.910. The van der Waals surface area contributed by atoms with Gasteiger partial charge in [-0.15, -0.1) is 0 Å². The Morgan fingerprint density at radius 1 is 1.78 bits per heavy atom. The fourth-order valence-electron chi connectivity index (χ4n) is 0.598. The summed E-state index contributed by atoms with van der Waals surface area (Å²) in [5.41, 5.74) is -1.00. The van der Waals surface area contributed by atoms with Gasteiger partial charge in [0.25, 0.3) is 0 Å². The van der Waals surface area contributed by atoms with Crippen LogP contribution in [0.4, 0.5) is 0 Å². The Morgan fingerprint density at radius 3 is 2.67 bits per heavy atom. The van der Waals surface area contributed by atoms with Gasteiger partial charge in [0, 0.05) is 6.21 Å². The van der Waals surface area contributed by atoms with E-state index >= 15 is 0 Å². The summed E-state index contributed by atoms with van der Waals surface area (Å²) in [6, 6.07) is 0. The van der Waals surface area contributed by atoms with Crippen LogP contribution in [0.5, 0.6) is 0 Å². The molecule has 0 spiro atoms. The van der Waals surface area contributed by atoms with Crippen molar-refractivity contribution in [3.8, 4) is 0 Å². The van der Waals surface area contributed by atoms with Gasteiger partial charge >= 0.3 is 5.97 Å². The Labute approximate surface area is 52.7 Å². The molecule has 0 saturated heterocycles. The van der Waals surface area contributed by atoms with Crippen LogP contribution >= 0.6 is 0 Å². The van der Waals surface area contributed by atoms with Crippen LogP contribution in [0, 0.1) is 0 Å². The fourth-order valence-corrected chi connectivity index (χ4v) is 0.598. The highest BCUT2D eigenvalue weighted by Gasteiger charge is 2.29. The van der Waals surface area contributed by atoms with Crippen molar-refractivity contribution in [2.45, 2.75) is 12.5 Å². The van der Waals surface area contributed by atoms with E-state index in [1.807, 2.05) is 0 Å². The lowest BCUT2D eigenvalue weighted by Gasteiger charge is -2.09. The third-order valence-corrected chi connectivity index (χ3v) is 1.28. The maximum Gasteiger partial charge on any atom is 0.335 e. The summed E-state index contributed by atoms with van der Waals surface area (Å²) in [6.45, 7) is 1.55. The molecule has 1 N–H and O–H groups in total. The van der Waals surface area contributed by atoms with E-state index in [1.54, 1.807) is 19.1 Å². The van der Waals surface area contributed by atoms with E-state index in [0.717, 1.165) is 0 Å². The van der Waals surface area contributed by atoms with E-state index in [2.05, 4.69) is 4.99 Å². The molecule has 1 atom stereocenters. The van der Waals surface area contributed by atoms with Gasteiger partial charge in [-0.3, -0.25) is 4.99 Å². The van der Waals surface area contributed by atoms with Gasteiger partial charge in [-0.25, -0.2) is 4.79 Å². The molecule has 0 aliphatic carbocycles. The number of aliphatic carboxylic acids is 1. The first-order chi connectivity index (χ1) is 4.15. The molecule has 0 aromatic heterocycles. The first-order valence-corrected chi connectivity index (χ1v) is 2.61. The van der Waals surface area contributed by atoms with E-state index in [4.69, 9.17) is 5.11 Å². The molecule has 1 heterocycles. The molecule has 0 fully saturated rings. The van der Waals surface area contributed by atoms with Gasteiger partial charge in [-0.1, -0.05) is 0 Å².